The summed E-state index contributed by atoms with van der Waals surface area (Å²) in [6.07, 6.45) is 6.80. The number of nitrogens with two attached hydrogens (primary N) is 1. The van der Waals surface area contributed by atoms with Crippen molar-refractivity contribution < 1.29 is 0 Å². The summed E-state index contributed by atoms with van der Waals surface area (Å²) in [5, 5.41) is 0. The van der Waals surface area contributed by atoms with Gasteiger partial charge in [0.05, 0.1) is 4.99 Å². The molecule has 0 radical (unpaired) electrons. The van der Waals surface area contributed by atoms with Crippen molar-refractivity contribution in [3.63, 3.8) is 0 Å². The summed E-state index contributed by atoms with van der Waals surface area (Å²) in [5.74, 6) is 0.994. The van der Waals surface area contributed by atoms with E-state index in [9.17, 15) is 0 Å². The van der Waals surface area contributed by atoms with Gasteiger partial charge in [-0.2, -0.15) is 0 Å². The lowest BCUT2D eigenvalue weighted by atomic mass is 9.89. The zero-order valence-electron chi connectivity index (χ0n) is 10.5. The smallest absolute Gasteiger partial charge is 0.0784 e. The summed E-state index contributed by atoms with van der Waals surface area (Å²) in [6, 6.07) is 0.878. The predicted octanol–water partition coefficient (Wildman–Crippen LogP) is 2.56. The van der Waals surface area contributed by atoms with E-state index in [0.717, 1.165) is 18.4 Å². The minimum atomic E-state index is 0.0199. The van der Waals surface area contributed by atoms with Crippen LogP contribution < -0.4 is 5.73 Å². The van der Waals surface area contributed by atoms with Gasteiger partial charge in [0, 0.05) is 18.0 Å². The molecule has 2 saturated carbocycles. The molecule has 2 aliphatic carbocycles. The van der Waals surface area contributed by atoms with Gasteiger partial charge in [0.15, 0.2) is 0 Å². The Morgan fingerprint density at radius 1 is 1.31 bits per heavy atom. The molecule has 0 amide bonds. The topological polar surface area (TPSA) is 29.3 Å². The Morgan fingerprint density at radius 2 is 1.94 bits per heavy atom. The van der Waals surface area contributed by atoms with Crippen molar-refractivity contribution in [2.24, 2.45) is 17.1 Å². The zero-order chi connectivity index (χ0) is 11.8. The highest BCUT2D eigenvalue weighted by molar-refractivity contribution is 7.80. The van der Waals surface area contributed by atoms with Crippen molar-refractivity contribution in [3.05, 3.63) is 0 Å². The van der Waals surface area contributed by atoms with E-state index >= 15 is 0 Å². The van der Waals surface area contributed by atoms with Crippen LogP contribution in [0.3, 0.4) is 0 Å². The molecule has 2 aliphatic rings. The Morgan fingerprint density at radius 3 is 2.38 bits per heavy atom. The first kappa shape index (κ1) is 12.3. The van der Waals surface area contributed by atoms with Crippen LogP contribution >= 0.6 is 12.2 Å². The summed E-state index contributed by atoms with van der Waals surface area (Å²) in [4.78, 5) is 3.34. The molecule has 2 nitrogen and oxygen atoms in total. The minimum absolute atomic E-state index is 0.0199. The van der Waals surface area contributed by atoms with Gasteiger partial charge in [-0.15, -0.1) is 0 Å². The molecule has 2 fully saturated rings. The second kappa shape index (κ2) is 4.61. The van der Waals surface area contributed by atoms with Gasteiger partial charge in [-0.1, -0.05) is 26.1 Å². The van der Waals surface area contributed by atoms with E-state index in [2.05, 4.69) is 18.7 Å². The van der Waals surface area contributed by atoms with Crippen molar-refractivity contribution in [3.8, 4) is 0 Å². The van der Waals surface area contributed by atoms with E-state index in [-0.39, 0.29) is 5.41 Å². The molecule has 2 rings (SSSR count). The molecular weight excluding hydrogens is 216 g/mol. The molecular formula is C13H24N2S. The Bertz CT molecular complexity index is 267. The fraction of sp³-hybridized carbons (Fsp3) is 0.923. The van der Waals surface area contributed by atoms with Gasteiger partial charge in [0.2, 0.25) is 0 Å². The zero-order valence-corrected chi connectivity index (χ0v) is 11.4. The summed E-state index contributed by atoms with van der Waals surface area (Å²) in [6.45, 7) is 6.82. The van der Waals surface area contributed by atoms with Crippen molar-refractivity contribution in [2.75, 3.05) is 13.1 Å². The summed E-state index contributed by atoms with van der Waals surface area (Å²) in [5.41, 5.74) is 5.79. The molecule has 0 bridgehead atoms. The van der Waals surface area contributed by atoms with Gasteiger partial charge >= 0.3 is 0 Å². The van der Waals surface area contributed by atoms with Crippen LogP contribution in [0, 0.1) is 11.3 Å². The standard InChI is InChI=1S/C13H24N2S/c1-13(2,12(14)16)7-8-15(11-5-6-11)9-10-3-4-10/h10-11H,3-9H2,1-2H3,(H2,14,16). The number of nitrogens with zero attached hydrogens (tertiary/aromatic N) is 1. The van der Waals surface area contributed by atoms with Crippen LogP contribution in [0.2, 0.25) is 0 Å². The maximum absolute atomic E-state index is 5.77. The highest BCUT2D eigenvalue weighted by atomic mass is 32.1. The van der Waals surface area contributed by atoms with E-state index in [0.29, 0.717) is 4.99 Å². The van der Waals surface area contributed by atoms with Gasteiger partial charge in [-0.3, -0.25) is 0 Å². The first-order chi connectivity index (χ1) is 7.49. The van der Waals surface area contributed by atoms with Gasteiger partial charge < -0.3 is 10.6 Å². The van der Waals surface area contributed by atoms with E-state index in [1.54, 1.807) is 0 Å². The largest absolute Gasteiger partial charge is 0.393 e. The Hall–Kier alpha value is -0.150. The highest BCUT2D eigenvalue weighted by Crippen LogP contribution is 2.35. The number of hydrogen-bond donors (Lipinski definition) is 1. The normalized spacial score (nSPS) is 21.4. The Kier molecular flexibility index (Phi) is 3.55. The van der Waals surface area contributed by atoms with Crippen LogP contribution in [0.25, 0.3) is 0 Å². The monoisotopic (exact) mass is 240 g/mol. The first-order valence-corrected chi connectivity index (χ1v) is 6.94. The fourth-order valence-corrected chi connectivity index (χ4v) is 2.14. The predicted molar refractivity (Wildman–Crippen MR) is 72.5 cm³/mol. The van der Waals surface area contributed by atoms with Gasteiger partial charge in [-0.25, -0.2) is 0 Å². The molecule has 92 valence electrons. The van der Waals surface area contributed by atoms with E-state index in [1.165, 1.54) is 38.8 Å². The third-order valence-corrected chi connectivity index (χ3v) is 4.50. The SMILES string of the molecule is CC(C)(CCN(CC1CC1)C1CC1)C(N)=S. The molecule has 2 N–H and O–H groups in total. The number of thiocarbonyl (C=S) groups is 1. The van der Waals surface area contributed by atoms with Gasteiger partial charge in [0.1, 0.15) is 0 Å². The summed E-state index contributed by atoms with van der Waals surface area (Å²) >= 11 is 5.12. The van der Waals surface area contributed by atoms with E-state index < -0.39 is 0 Å². The first-order valence-electron chi connectivity index (χ1n) is 6.53. The van der Waals surface area contributed by atoms with Crippen LogP contribution in [-0.4, -0.2) is 29.0 Å². The molecule has 16 heavy (non-hydrogen) atoms. The quantitative estimate of drug-likeness (QED) is 0.694. The third kappa shape index (κ3) is 3.42. The molecule has 0 spiro atoms. The lowest BCUT2D eigenvalue weighted by Gasteiger charge is -2.28. The van der Waals surface area contributed by atoms with Crippen molar-refractivity contribution in [2.45, 2.75) is 52.0 Å². The molecule has 0 aliphatic heterocycles. The second-order valence-corrected chi connectivity index (χ2v) is 6.61. The van der Waals surface area contributed by atoms with Crippen LogP contribution in [0.5, 0.6) is 0 Å². The second-order valence-electron chi connectivity index (χ2n) is 6.17. The Labute approximate surface area is 105 Å². The van der Waals surface area contributed by atoms with Gasteiger partial charge in [0.25, 0.3) is 0 Å². The molecule has 3 heteroatoms. The van der Waals surface area contributed by atoms with Crippen LogP contribution in [-0.2, 0) is 0 Å². The summed E-state index contributed by atoms with van der Waals surface area (Å²) < 4.78 is 0. The average molecular weight is 240 g/mol. The molecule has 0 aromatic rings. The number of rotatable bonds is 7. The van der Waals surface area contributed by atoms with E-state index in [4.69, 9.17) is 18.0 Å². The van der Waals surface area contributed by atoms with Crippen molar-refractivity contribution in [1.29, 1.82) is 0 Å². The maximum atomic E-state index is 5.77. The van der Waals surface area contributed by atoms with Crippen molar-refractivity contribution >= 4 is 17.2 Å². The summed E-state index contributed by atoms with van der Waals surface area (Å²) in [7, 11) is 0. The lowest BCUT2D eigenvalue weighted by molar-refractivity contribution is 0.228. The number of hydrogen-bond acceptors (Lipinski definition) is 2. The molecule has 0 heterocycles. The minimum Gasteiger partial charge on any atom is -0.393 e. The highest BCUT2D eigenvalue weighted by Gasteiger charge is 2.34. The van der Waals surface area contributed by atoms with Crippen LogP contribution in [0.15, 0.2) is 0 Å². The molecule has 0 unspecified atom stereocenters. The molecule has 0 saturated heterocycles. The third-order valence-electron chi connectivity index (χ3n) is 3.94. The van der Waals surface area contributed by atoms with Gasteiger partial charge in [-0.05, 0) is 44.6 Å². The maximum Gasteiger partial charge on any atom is 0.0784 e. The average Bonchev–Trinajstić information content (AvgIpc) is 3.02. The molecule has 0 aromatic heterocycles. The molecule has 0 aromatic carbocycles. The Balaban J connectivity index is 1.78. The van der Waals surface area contributed by atoms with Crippen LogP contribution in [0.4, 0.5) is 0 Å². The lowest BCUT2D eigenvalue weighted by Crippen LogP contribution is -2.36. The molecule has 0 atom stereocenters. The van der Waals surface area contributed by atoms with E-state index in [1.807, 2.05) is 0 Å². The van der Waals surface area contributed by atoms with Crippen LogP contribution in [0.1, 0.15) is 46.0 Å². The van der Waals surface area contributed by atoms with Crippen molar-refractivity contribution in [1.82, 2.24) is 4.90 Å². The fourth-order valence-electron chi connectivity index (χ4n) is 2.04.